The van der Waals surface area contributed by atoms with Crippen molar-refractivity contribution in [3.63, 3.8) is 0 Å². The molecule has 0 radical (unpaired) electrons. The molecule has 0 saturated heterocycles. The van der Waals surface area contributed by atoms with Crippen LogP contribution in [0.15, 0.2) is 12.2 Å². The lowest BCUT2D eigenvalue weighted by atomic mass is 9.48. The van der Waals surface area contributed by atoms with Gasteiger partial charge in [0.25, 0.3) is 0 Å². The Morgan fingerprint density at radius 1 is 1.24 bits per heavy atom. The van der Waals surface area contributed by atoms with E-state index in [-0.39, 0.29) is 17.5 Å². The second kappa shape index (κ2) is 5.42. The molecular formula is C18H28O3. The van der Waals surface area contributed by atoms with Crippen molar-refractivity contribution in [3.05, 3.63) is 12.2 Å². The van der Waals surface area contributed by atoms with Gasteiger partial charge in [0.15, 0.2) is 0 Å². The van der Waals surface area contributed by atoms with E-state index < -0.39 is 6.10 Å². The first-order valence-electron chi connectivity index (χ1n) is 8.42. The third kappa shape index (κ3) is 2.90. The van der Waals surface area contributed by atoms with Crippen molar-refractivity contribution < 1.29 is 14.6 Å². The van der Waals surface area contributed by atoms with Gasteiger partial charge in [0.1, 0.15) is 6.10 Å². The van der Waals surface area contributed by atoms with E-state index in [4.69, 9.17) is 4.74 Å². The molecule has 4 aliphatic rings. The van der Waals surface area contributed by atoms with E-state index in [9.17, 15) is 9.90 Å². The average molecular weight is 292 g/mol. The van der Waals surface area contributed by atoms with E-state index in [0.29, 0.717) is 12.0 Å². The summed E-state index contributed by atoms with van der Waals surface area (Å²) in [4.78, 5) is 12.0. The number of carbonyl (C=O) groups excluding carboxylic acids is 1. The summed E-state index contributed by atoms with van der Waals surface area (Å²) < 4.78 is 5.81. The van der Waals surface area contributed by atoms with Gasteiger partial charge >= 0.3 is 5.97 Å². The normalized spacial score (nSPS) is 39.9. The maximum atomic E-state index is 12.0. The van der Waals surface area contributed by atoms with Crippen molar-refractivity contribution in [3.8, 4) is 0 Å². The van der Waals surface area contributed by atoms with Crippen LogP contribution in [0, 0.1) is 23.2 Å². The van der Waals surface area contributed by atoms with Gasteiger partial charge in [0, 0.05) is 17.4 Å². The molecule has 4 saturated carbocycles. The van der Waals surface area contributed by atoms with E-state index in [1.54, 1.807) is 13.8 Å². The number of ether oxygens (including phenoxy) is 1. The van der Waals surface area contributed by atoms with Gasteiger partial charge in [-0.2, -0.15) is 0 Å². The van der Waals surface area contributed by atoms with Crippen LogP contribution in [0.2, 0.25) is 0 Å². The van der Waals surface area contributed by atoms with E-state index in [1.165, 1.54) is 38.5 Å². The smallest absolute Gasteiger partial charge is 0.333 e. The Balaban J connectivity index is 1.81. The summed E-state index contributed by atoms with van der Waals surface area (Å²) in [6.07, 6.45) is 7.64. The van der Waals surface area contributed by atoms with Crippen LogP contribution in [-0.4, -0.2) is 23.3 Å². The van der Waals surface area contributed by atoms with Gasteiger partial charge in [-0.1, -0.05) is 6.58 Å². The van der Waals surface area contributed by atoms with Crippen molar-refractivity contribution in [2.24, 2.45) is 23.2 Å². The highest BCUT2D eigenvalue weighted by Gasteiger charge is 2.55. The summed E-state index contributed by atoms with van der Waals surface area (Å²) in [5.41, 5.74) is 0.576. The van der Waals surface area contributed by atoms with Crippen LogP contribution in [0.1, 0.15) is 58.8 Å². The van der Waals surface area contributed by atoms with Gasteiger partial charge in [-0.3, -0.25) is 0 Å². The van der Waals surface area contributed by atoms with Crippen LogP contribution in [0.5, 0.6) is 0 Å². The molecule has 2 unspecified atom stereocenters. The van der Waals surface area contributed by atoms with Crippen molar-refractivity contribution in [2.75, 3.05) is 0 Å². The maximum absolute atomic E-state index is 12.0. The number of esters is 1. The van der Waals surface area contributed by atoms with Crippen LogP contribution in [0.3, 0.4) is 0 Å². The summed E-state index contributed by atoms with van der Waals surface area (Å²) in [7, 11) is 0. The fourth-order valence-electron chi connectivity index (χ4n) is 5.53. The van der Waals surface area contributed by atoms with E-state index in [1.807, 2.05) is 0 Å². The quantitative estimate of drug-likeness (QED) is 0.623. The predicted molar refractivity (Wildman–Crippen MR) is 81.6 cm³/mol. The van der Waals surface area contributed by atoms with Gasteiger partial charge in [0.05, 0.1) is 6.10 Å². The monoisotopic (exact) mass is 292 g/mol. The van der Waals surface area contributed by atoms with Gasteiger partial charge in [-0.15, -0.1) is 0 Å². The van der Waals surface area contributed by atoms with Crippen LogP contribution in [0.25, 0.3) is 0 Å². The Kier molecular flexibility index (Phi) is 3.89. The lowest BCUT2D eigenvalue weighted by molar-refractivity contribution is -0.173. The summed E-state index contributed by atoms with van der Waals surface area (Å²) in [5.74, 6) is 2.15. The molecule has 118 valence electrons. The molecule has 3 heteroatoms. The standard InChI is InChI=1S/C18H28O3/c1-11(2)17(20)21-16(4-12(3)19)18-8-13-5-14(9-18)7-15(6-13)10-18/h12-16,19H,1,4-10H2,2-3H3. The minimum atomic E-state index is -0.430. The molecule has 4 bridgehead atoms. The predicted octanol–water partition coefficient (Wildman–Crippen LogP) is 3.46. The molecule has 4 aliphatic carbocycles. The minimum Gasteiger partial charge on any atom is -0.458 e. The molecule has 4 rings (SSSR count). The third-order valence-electron chi connectivity index (χ3n) is 5.92. The minimum absolute atomic E-state index is 0.122. The van der Waals surface area contributed by atoms with Gasteiger partial charge in [0.2, 0.25) is 0 Å². The first-order valence-corrected chi connectivity index (χ1v) is 8.42. The summed E-state index contributed by atoms with van der Waals surface area (Å²) in [6, 6.07) is 0. The first kappa shape index (κ1) is 15.1. The second-order valence-corrected chi connectivity index (χ2v) is 8.04. The van der Waals surface area contributed by atoms with Crippen molar-refractivity contribution in [1.82, 2.24) is 0 Å². The lowest BCUT2D eigenvalue weighted by Gasteiger charge is -2.59. The molecule has 0 aliphatic heterocycles. The van der Waals surface area contributed by atoms with Crippen LogP contribution in [0.4, 0.5) is 0 Å². The molecule has 2 atom stereocenters. The van der Waals surface area contributed by atoms with Gasteiger partial charge in [-0.25, -0.2) is 4.79 Å². The molecule has 0 aromatic carbocycles. The molecule has 0 amide bonds. The summed E-state index contributed by atoms with van der Waals surface area (Å²) in [5, 5.41) is 9.86. The molecular weight excluding hydrogens is 264 g/mol. The van der Waals surface area contributed by atoms with E-state index in [2.05, 4.69) is 6.58 Å². The first-order chi connectivity index (χ1) is 9.88. The molecule has 3 nitrogen and oxygen atoms in total. The Morgan fingerprint density at radius 3 is 2.10 bits per heavy atom. The number of carbonyl (C=O) groups is 1. The Bertz CT molecular complexity index is 402. The van der Waals surface area contributed by atoms with Crippen LogP contribution < -0.4 is 0 Å². The highest BCUT2D eigenvalue weighted by Crippen LogP contribution is 2.62. The second-order valence-electron chi connectivity index (χ2n) is 8.04. The number of rotatable bonds is 5. The van der Waals surface area contributed by atoms with E-state index >= 15 is 0 Å². The van der Waals surface area contributed by atoms with Crippen LogP contribution in [-0.2, 0) is 9.53 Å². The molecule has 1 N–H and O–H groups in total. The van der Waals surface area contributed by atoms with Crippen molar-refractivity contribution in [1.29, 1.82) is 0 Å². The highest BCUT2D eigenvalue weighted by molar-refractivity contribution is 5.87. The number of aliphatic hydroxyl groups excluding tert-OH is 1. The topological polar surface area (TPSA) is 46.5 Å². The number of aliphatic hydroxyl groups is 1. The number of hydrogen-bond acceptors (Lipinski definition) is 3. The average Bonchev–Trinajstić information content (AvgIpc) is 2.35. The molecule has 21 heavy (non-hydrogen) atoms. The zero-order valence-electron chi connectivity index (χ0n) is 13.3. The fourth-order valence-corrected chi connectivity index (χ4v) is 5.53. The molecule has 0 aromatic rings. The van der Waals surface area contributed by atoms with E-state index in [0.717, 1.165) is 17.8 Å². The molecule has 0 heterocycles. The Labute approximate surface area is 127 Å². The van der Waals surface area contributed by atoms with Gasteiger partial charge in [-0.05, 0) is 70.1 Å². The van der Waals surface area contributed by atoms with Gasteiger partial charge < -0.3 is 9.84 Å². The third-order valence-corrected chi connectivity index (χ3v) is 5.92. The number of hydrogen-bond donors (Lipinski definition) is 1. The SMILES string of the molecule is C=C(C)C(=O)OC(CC(C)O)C12CC3CC(CC(C3)C1)C2. The Morgan fingerprint density at radius 2 is 1.71 bits per heavy atom. The lowest BCUT2D eigenvalue weighted by Crippen LogP contribution is -2.53. The molecule has 4 fully saturated rings. The zero-order valence-corrected chi connectivity index (χ0v) is 13.3. The largest absolute Gasteiger partial charge is 0.458 e. The summed E-state index contributed by atoms with van der Waals surface area (Å²) in [6.45, 7) is 7.19. The van der Waals surface area contributed by atoms with Crippen molar-refractivity contribution in [2.45, 2.75) is 71.0 Å². The molecule has 0 spiro atoms. The maximum Gasteiger partial charge on any atom is 0.333 e. The van der Waals surface area contributed by atoms with Crippen molar-refractivity contribution >= 4 is 5.97 Å². The fraction of sp³-hybridized carbons (Fsp3) is 0.833. The molecule has 0 aromatic heterocycles. The van der Waals surface area contributed by atoms with Crippen LogP contribution >= 0.6 is 0 Å². The highest BCUT2D eigenvalue weighted by atomic mass is 16.5. The Hall–Kier alpha value is -0.830. The summed E-state index contributed by atoms with van der Waals surface area (Å²) >= 11 is 0. The zero-order chi connectivity index (χ0) is 15.2.